The molecule has 2 atom stereocenters. The lowest BCUT2D eigenvalue weighted by molar-refractivity contribution is 0.114. The maximum absolute atomic E-state index is 12.1. The topological polar surface area (TPSA) is 78.6 Å². The molecule has 0 aliphatic heterocycles. The average molecular weight is 335 g/mol. The van der Waals surface area contributed by atoms with E-state index < -0.39 is 0 Å². The van der Waals surface area contributed by atoms with Gasteiger partial charge in [0, 0.05) is 19.5 Å². The number of thiophene rings is 1. The predicted octanol–water partition coefficient (Wildman–Crippen LogP) is 2.71. The molecular formula is C16H21N3O3S. The van der Waals surface area contributed by atoms with E-state index in [1.807, 2.05) is 17.5 Å². The Morgan fingerprint density at radius 3 is 3.13 bits per heavy atom. The minimum absolute atomic E-state index is 0.162. The quantitative estimate of drug-likeness (QED) is 0.880. The lowest BCUT2D eigenvalue weighted by atomic mass is 10.1. The summed E-state index contributed by atoms with van der Waals surface area (Å²) in [6, 6.07) is 3.72. The van der Waals surface area contributed by atoms with Crippen LogP contribution in [0.2, 0.25) is 0 Å². The minimum Gasteiger partial charge on any atom is -0.443 e. The van der Waals surface area contributed by atoms with Crippen molar-refractivity contribution in [2.24, 2.45) is 5.92 Å². The maximum Gasteiger partial charge on any atom is 0.317 e. The zero-order valence-corrected chi connectivity index (χ0v) is 13.9. The van der Waals surface area contributed by atoms with Crippen LogP contribution in [0.3, 0.4) is 0 Å². The van der Waals surface area contributed by atoms with Gasteiger partial charge in [0.15, 0.2) is 0 Å². The van der Waals surface area contributed by atoms with Gasteiger partial charge in [-0.15, -0.1) is 11.3 Å². The molecular weight excluding hydrogens is 314 g/mol. The summed E-state index contributed by atoms with van der Waals surface area (Å²) in [4.78, 5) is 19.1. The number of nitrogens with zero attached hydrogens (tertiary/aromatic N) is 2. The van der Waals surface area contributed by atoms with Crippen molar-refractivity contribution in [1.29, 1.82) is 0 Å². The van der Waals surface area contributed by atoms with E-state index in [1.54, 1.807) is 29.5 Å². The van der Waals surface area contributed by atoms with Gasteiger partial charge in [0.2, 0.25) is 5.89 Å². The highest BCUT2D eigenvalue weighted by atomic mass is 32.1. The van der Waals surface area contributed by atoms with E-state index in [9.17, 15) is 9.90 Å². The lowest BCUT2D eigenvalue weighted by Gasteiger charge is -2.23. The summed E-state index contributed by atoms with van der Waals surface area (Å²) in [5.41, 5.74) is 0.691. The molecule has 0 spiro atoms. The maximum atomic E-state index is 12.1. The van der Waals surface area contributed by atoms with Crippen molar-refractivity contribution >= 4 is 17.4 Å². The third-order valence-electron chi connectivity index (χ3n) is 4.18. The van der Waals surface area contributed by atoms with Gasteiger partial charge in [-0.1, -0.05) is 12.5 Å². The highest BCUT2D eigenvalue weighted by molar-refractivity contribution is 7.13. The molecule has 1 saturated carbocycles. The fraction of sp³-hybridized carbons (Fsp3) is 0.500. The van der Waals surface area contributed by atoms with E-state index >= 15 is 0 Å². The molecule has 2 amide bonds. The van der Waals surface area contributed by atoms with E-state index in [1.165, 1.54) is 0 Å². The van der Waals surface area contributed by atoms with Crippen LogP contribution in [-0.4, -0.2) is 40.7 Å². The van der Waals surface area contributed by atoms with Crippen LogP contribution in [0.1, 0.15) is 25.0 Å². The van der Waals surface area contributed by atoms with Gasteiger partial charge in [0.05, 0.1) is 23.2 Å². The van der Waals surface area contributed by atoms with Gasteiger partial charge in [0.1, 0.15) is 6.26 Å². The molecule has 23 heavy (non-hydrogen) atoms. The van der Waals surface area contributed by atoms with Gasteiger partial charge in [0.25, 0.3) is 0 Å². The smallest absolute Gasteiger partial charge is 0.317 e. The third kappa shape index (κ3) is 3.92. The minimum atomic E-state index is -0.283. The molecule has 0 saturated heterocycles. The molecule has 6 nitrogen and oxygen atoms in total. The summed E-state index contributed by atoms with van der Waals surface area (Å²) in [5, 5.41) is 14.6. The summed E-state index contributed by atoms with van der Waals surface area (Å²) in [6.45, 7) is 0.900. The molecule has 0 aromatic carbocycles. The van der Waals surface area contributed by atoms with Crippen LogP contribution < -0.4 is 5.32 Å². The van der Waals surface area contributed by atoms with Gasteiger partial charge < -0.3 is 19.7 Å². The van der Waals surface area contributed by atoms with Crippen LogP contribution in [0.5, 0.6) is 0 Å². The lowest BCUT2D eigenvalue weighted by Crippen LogP contribution is -2.40. The van der Waals surface area contributed by atoms with Crippen molar-refractivity contribution < 1.29 is 14.3 Å². The Balaban J connectivity index is 1.48. The summed E-state index contributed by atoms with van der Waals surface area (Å²) in [7, 11) is 1.75. The third-order valence-corrected chi connectivity index (χ3v) is 5.04. The molecule has 1 aliphatic rings. The Morgan fingerprint density at radius 1 is 1.57 bits per heavy atom. The number of urea groups is 1. The number of aliphatic hydroxyl groups excluding tert-OH is 1. The van der Waals surface area contributed by atoms with Crippen LogP contribution in [0, 0.1) is 5.92 Å². The van der Waals surface area contributed by atoms with Crippen LogP contribution >= 0.6 is 11.3 Å². The van der Waals surface area contributed by atoms with Crippen LogP contribution in [0.4, 0.5) is 4.79 Å². The number of hydrogen-bond donors (Lipinski definition) is 2. The number of hydrogen-bond acceptors (Lipinski definition) is 5. The van der Waals surface area contributed by atoms with Gasteiger partial charge in [-0.05, 0) is 24.3 Å². The van der Waals surface area contributed by atoms with Crippen LogP contribution in [0.15, 0.2) is 28.2 Å². The first-order chi connectivity index (χ1) is 11.1. The van der Waals surface area contributed by atoms with Crippen LogP contribution in [0.25, 0.3) is 10.8 Å². The summed E-state index contributed by atoms with van der Waals surface area (Å²) in [6.07, 6.45) is 4.13. The molecule has 124 valence electrons. The molecule has 1 aliphatic carbocycles. The second kappa shape index (κ2) is 7.14. The molecule has 3 rings (SSSR count). The van der Waals surface area contributed by atoms with E-state index in [0.717, 1.165) is 24.1 Å². The Kier molecular flexibility index (Phi) is 4.97. The number of carbonyl (C=O) groups excluding carboxylic acids is 1. The standard InChI is InChI=1S/C16H21N3O3S/c1-19(9-11-4-2-5-13(11)20)16(21)17-8-12-10-22-15(18-12)14-6-3-7-23-14/h3,6-7,10-11,13,20H,2,4-5,8-9H2,1H3,(H,17,21). The van der Waals surface area contributed by atoms with E-state index in [0.29, 0.717) is 24.7 Å². The average Bonchev–Trinajstić information content (AvgIpc) is 3.26. The van der Waals surface area contributed by atoms with Crippen molar-refractivity contribution in [3.05, 3.63) is 29.5 Å². The number of oxazole rings is 1. The molecule has 2 unspecified atom stereocenters. The van der Waals surface area contributed by atoms with Gasteiger partial charge in [-0.3, -0.25) is 0 Å². The van der Waals surface area contributed by atoms with Crippen molar-refractivity contribution in [3.63, 3.8) is 0 Å². The normalized spacial score (nSPS) is 20.6. The molecule has 2 aromatic rings. The van der Waals surface area contributed by atoms with Crippen LogP contribution in [-0.2, 0) is 6.54 Å². The number of rotatable bonds is 5. The first-order valence-electron chi connectivity index (χ1n) is 7.79. The second-order valence-electron chi connectivity index (χ2n) is 5.92. The number of amides is 2. The van der Waals surface area contributed by atoms with E-state index in [-0.39, 0.29) is 18.1 Å². The SMILES string of the molecule is CN(CC1CCCC1O)C(=O)NCc1coc(-c2cccs2)n1. The predicted molar refractivity (Wildman–Crippen MR) is 88.0 cm³/mol. The van der Waals surface area contributed by atoms with E-state index in [4.69, 9.17) is 4.42 Å². The molecule has 1 fully saturated rings. The summed E-state index contributed by atoms with van der Waals surface area (Å²) < 4.78 is 5.42. The van der Waals surface area contributed by atoms with Crippen molar-refractivity contribution in [3.8, 4) is 10.8 Å². The fourth-order valence-electron chi connectivity index (χ4n) is 2.87. The first kappa shape index (κ1) is 16.0. The fourth-order valence-corrected chi connectivity index (χ4v) is 3.52. The van der Waals surface area contributed by atoms with Gasteiger partial charge >= 0.3 is 6.03 Å². The Bertz CT molecular complexity index is 641. The van der Waals surface area contributed by atoms with Crippen molar-refractivity contribution in [1.82, 2.24) is 15.2 Å². The van der Waals surface area contributed by atoms with Crippen molar-refractivity contribution in [2.45, 2.75) is 31.9 Å². The number of nitrogens with one attached hydrogen (secondary N) is 1. The first-order valence-corrected chi connectivity index (χ1v) is 8.67. The molecule has 7 heteroatoms. The zero-order chi connectivity index (χ0) is 16.2. The van der Waals surface area contributed by atoms with Gasteiger partial charge in [-0.2, -0.15) is 0 Å². The highest BCUT2D eigenvalue weighted by Crippen LogP contribution is 2.26. The second-order valence-corrected chi connectivity index (χ2v) is 6.87. The number of carbonyl (C=O) groups is 1. The van der Waals surface area contributed by atoms with E-state index in [2.05, 4.69) is 10.3 Å². The molecule has 2 heterocycles. The molecule has 2 aromatic heterocycles. The molecule has 2 N–H and O–H groups in total. The molecule has 0 radical (unpaired) electrons. The Morgan fingerprint density at radius 2 is 2.43 bits per heavy atom. The van der Waals surface area contributed by atoms with Gasteiger partial charge in [-0.25, -0.2) is 9.78 Å². The highest BCUT2D eigenvalue weighted by Gasteiger charge is 2.27. The summed E-state index contributed by atoms with van der Waals surface area (Å²) in [5.74, 6) is 0.759. The Labute approximate surface area is 139 Å². The zero-order valence-electron chi connectivity index (χ0n) is 13.1. The van der Waals surface area contributed by atoms with Crippen molar-refractivity contribution in [2.75, 3.05) is 13.6 Å². The number of aromatic nitrogens is 1. The molecule has 0 bridgehead atoms. The Hall–Kier alpha value is -1.86. The largest absolute Gasteiger partial charge is 0.443 e. The summed E-state index contributed by atoms with van der Waals surface area (Å²) >= 11 is 1.56. The monoisotopic (exact) mass is 335 g/mol. The number of aliphatic hydroxyl groups is 1.